The van der Waals surface area contributed by atoms with Gasteiger partial charge in [-0.15, -0.1) is 0 Å². The van der Waals surface area contributed by atoms with Crippen LogP contribution in [0.4, 0.5) is 0 Å². The highest BCUT2D eigenvalue weighted by Crippen LogP contribution is 2.23. The van der Waals surface area contributed by atoms with Gasteiger partial charge in [-0.2, -0.15) is 5.10 Å². The van der Waals surface area contributed by atoms with E-state index in [1.165, 1.54) is 0 Å². The maximum absolute atomic E-state index is 12.1. The Bertz CT molecular complexity index is 273. The number of carbonyl (C=O) groups is 1. The van der Waals surface area contributed by atoms with E-state index >= 15 is 0 Å². The second-order valence-electron chi connectivity index (χ2n) is 4.62. The van der Waals surface area contributed by atoms with Crippen LogP contribution in [0.1, 0.15) is 40.0 Å². The van der Waals surface area contributed by atoms with E-state index in [2.05, 4.69) is 25.9 Å². The Balaban J connectivity index is 2.73. The highest BCUT2D eigenvalue weighted by molar-refractivity contribution is 6.08. The molecule has 0 aromatic rings. The Labute approximate surface area is 97.9 Å². The molecule has 0 aliphatic carbocycles. The van der Waals surface area contributed by atoms with Gasteiger partial charge in [-0.3, -0.25) is 4.79 Å². The SMILES string of the molecule is CCCCN1N=C(C(C)C)C(CCN)C1=O. The van der Waals surface area contributed by atoms with E-state index in [0.717, 1.165) is 31.5 Å². The Morgan fingerprint density at radius 3 is 2.69 bits per heavy atom. The van der Waals surface area contributed by atoms with Crippen molar-refractivity contribution < 1.29 is 4.79 Å². The topological polar surface area (TPSA) is 58.7 Å². The minimum Gasteiger partial charge on any atom is -0.330 e. The predicted molar refractivity (Wildman–Crippen MR) is 66.1 cm³/mol. The third-order valence-corrected chi connectivity index (χ3v) is 2.92. The van der Waals surface area contributed by atoms with Crippen molar-refractivity contribution >= 4 is 11.6 Å². The fourth-order valence-electron chi connectivity index (χ4n) is 1.99. The molecule has 1 aliphatic rings. The lowest BCUT2D eigenvalue weighted by Crippen LogP contribution is -2.30. The van der Waals surface area contributed by atoms with Gasteiger partial charge in [0.1, 0.15) is 0 Å². The molecule has 0 bridgehead atoms. The number of amides is 1. The molecular weight excluding hydrogens is 202 g/mol. The van der Waals surface area contributed by atoms with Crippen molar-refractivity contribution in [3.8, 4) is 0 Å². The summed E-state index contributed by atoms with van der Waals surface area (Å²) in [5.41, 5.74) is 6.56. The van der Waals surface area contributed by atoms with Crippen molar-refractivity contribution in [2.24, 2.45) is 22.7 Å². The summed E-state index contributed by atoms with van der Waals surface area (Å²) in [7, 11) is 0. The van der Waals surface area contributed by atoms with Crippen LogP contribution in [0.25, 0.3) is 0 Å². The molecule has 92 valence electrons. The molecule has 0 aromatic heterocycles. The average molecular weight is 225 g/mol. The largest absolute Gasteiger partial charge is 0.330 e. The zero-order valence-corrected chi connectivity index (χ0v) is 10.6. The van der Waals surface area contributed by atoms with Gasteiger partial charge in [0.25, 0.3) is 5.91 Å². The van der Waals surface area contributed by atoms with E-state index in [0.29, 0.717) is 12.5 Å². The molecule has 0 radical (unpaired) electrons. The van der Waals surface area contributed by atoms with E-state index in [-0.39, 0.29) is 11.8 Å². The summed E-state index contributed by atoms with van der Waals surface area (Å²) in [6.45, 7) is 7.57. The zero-order valence-electron chi connectivity index (χ0n) is 10.6. The van der Waals surface area contributed by atoms with E-state index < -0.39 is 0 Å². The van der Waals surface area contributed by atoms with E-state index in [4.69, 9.17) is 5.73 Å². The molecule has 1 atom stereocenters. The van der Waals surface area contributed by atoms with Gasteiger partial charge in [0.2, 0.25) is 0 Å². The first-order valence-electron chi connectivity index (χ1n) is 6.21. The predicted octanol–water partition coefficient (Wildman–Crippen LogP) is 1.61. The standard InChI is InChI=1S/C12H23N3O/c1-4-5-8-15-12(16)10(6-7-13)11(14-15)9(2)3/h9-10H,4-8,13H2,1-3H3. The first-order valence-corrected chi connectivity index (χ1v) is 6.21. The van der Waals surface area contributed by atoms with Crippen LogP contribution in [-0.4, -0.2) is 29.7 Å². The summed E-state index contributed by atoms with van der Waals surface area (Å²) in [5.74, 6) is 0.400. The van der Waals surface area contributed by atoms with Crippen molar-refractivity contribution in [3.05, 3.63) is 0 Å². The van der Waals surface area contributed by atoms with Crippen molar-refractivity contribution in [3.63, 3.8) is 0 Å². The average Bonchev–Trinajstić information content (AvgIpc) is 2.55. The third-order valence-electron chi connectivity index (χ3n) is 2.92. The molecule has 1 aliphatic heterocycles. The number of carbonyl (C=O) groups excluding carboxylic acids is 1. The number of hydrazone groups is 1. The third kappa shape index (κ3) is 2.82. The van der Waals surface area contributed by atoms with E-state index in [9.17, 15) is 4.79 Å². The lowest BCUT2D eigenvalue weighted by atomic mass is 9.92. The quantitative estimate of drug-likeness (QED) is 0.746. The van der Waals surface area contributed by atoms with Crippen LogP contribution in [-0.2, 0) is 4.79 Å². The number of hydrogen-bond acceptors (Lipinski definition) is 3. The fourth-order valence-corrected chi connectivity index (χ4v) is 1.99. The van der Waals surface area contributed by atoms with Crippen LogP contribution in [0, 0.1) is 11.8 Å². The molecule has 1 rings (SSSR count). The van der Waals surface area contributed by atoms with E-state index in [1.54, 1.807) is 5.01 Å². The summed E-state index contributed by atoms with van der Waals surface area (Å²) in [6.07, 6.45) is 2.81. The van der Waals surface area contributed by atoms with Gasteiger partial charge in [0.05, 0.1) is 11.6 Å². The Hall–Kier alpha value is -0.900. The first kappa shape index (κ1) is 13.2. The fraction of sp³-hybridized carbons (Fsp3) is 0.833. The molecule has 0 saturated carbocycles. The van der Waals surface area contributed by atoms with E-state index in [1.807, 2.05) is 0 Å². The highest BCUT2D eigenvalue weighted by Gasteiger charge is 2.35. The van der Waals surface area contributed by atoms with Crippen LogP contribution in [0.5, 0.6) is 0 Å². The Kier molecular flexibility index (Phi) is 4.93. The second kappa shape index (κ2) is 5.99. The van der Waals surface area contributed by atoms with Crippen molar-refractivity contribution in [1.29, 1.82) is 0 Å². The van der Waals surface area contributed by atoms with Crippen LogP contribution < -0.4 is 5.73 Å². The van der Waals surface area contributed by atoms with Gasteiger partial charge in [-0.05, 0) is 25.3 Å². The molecule has 1 amide bonds. The molecule has 1 unspecified atom stereocenters. The normalized spacial score (nSPS) is 20.8. The van der Waals surface area contributed by atoms with Crippen molar-refractivity contribution in [2.75, 3.05) is 13.1 Å². The van der Waals surface area contributed by atoms with Crippen LogP contribution in [0.2, 0.25) is 0 Å². The maximum atomic E-state index is 12.1. The molecule has 4 nitrogen and oxygen atoms in total. The lowest BCUT2D eigenvalue weighted by molar-refractivity contribution is -0.131. The molecule has 16 heavy (non-hydrogen) atoms. The highest BCUT2D eigenvalue weighted by atomic mass is 16.2. The molecule has 0 spiro atoms. The van der Waals surface area contributed by atoms with Gasteiger partial charge < -0.3 is 5.73 Å². The second-order valence-corrected chi connectivity index (χ2v) is 4.62. The molecule has 2 N–H and O–H groups in total. The van der Waals surface area contributed by atoms with Gasteiger partial charge in [-0.1, -0.05) is 27.2 Å². The summed E-state index contributed by atoms with van der Waals surface area (Å²) >= 11 is 0. The van der Waals surface area contributed by atoms with Crippen LogP contribution in [0.15, 0.2) is 5.10 Å². The summed E-state index contributed by atoms with van der Waals surface area (Å²) in [5, 5.41) is 6.09. The summed E-state index contributed by atoms with van der Waals surface area (Å²) in [4.78, 5) is 12.1. The van der Waals surface area contributed by atoms with Crippen molar-refractivity contribution in [1.82, 2.24) is 5.01 Å². The zero-order chi connectivity index (χ0) is 12.1. The monoisotopic (exact) mass is 225 g/mol. The first-order chi connectivity index (χ1) is 7.61. The van der Waals surface area contributed by atoms with Gasteiger partial charge >= 0.3 is 0 Å². The lowest BCUT2D eigenvalue weighted by Gasteiger charge is -2.13. The van der Waals surface area contributed by atoms with Gasteiger partial charge in [-0.25, -0.2) is 5.01 Å². The minimum absolute atomic E-state index is 0.0677. The number of rotatable bonds is 6. The molecule has 1 heterocycles. The Morgan fingerprint density at radius 1 is 1.50 bits per heavy atom. The molecule has 0 saturated heterocycles. The smallest absolute Gasteiger partial charge is 0.251 e. The van der Waals surface area contributed by atoms with Crippen LogP contribution in [0.3, 0.4) is 0 Å². The number of hydrogen-bond donors (Lipinski definition) is 1. The number of unbranched alkanes of at least 4 members (excludes halogenated alkanes) is 1. The summed E-state index contributed by atoms with van der Waals surface area (Å²) in [6, 6.07) is 0. The van der Waals surface area contributed by atoms with Gasteiger partial charge in [0, 0.05) is 6.54 Å². The maximum Gasteiger partial charge on any atom is 0.251 e. The molecule has 4 heteroatoms. The van der Waals surface area contributed by atoms with Crippen LogP contribution >= 0.6 is 0 Å². The number of nitrogens with zero attached hydrogens (tertiary/aromatic N) is 2. The molecular formula is C12H23N3O. The van der Waals surface area contributed by atoms with Crippen molar-refractivity contribution in [2.45, 2.75) is 40.0 Å². The Morgan fingerprint density at radius 2 is 2.19 bits per heavy atom. The number of nitrogens with two attached hydrogens (primary N) is 1. The molecule has 0 aromatic carbocycles. The summed E-state index contributed by atoms with van der Waals surface area (Å²) < 4.78 is 0. The van der Waals surface area contributed by atoms with Gasteiger partial charge in [0.15, 0.2) is 0 Å². The molecule has 0 fully saturated rings. The minimum atomic E-state index is -0.0677.